The zero-order chi connectivity index (χ0) is 16.2. The lowest BCUT2D eigenvalue weighted by atomic mass is 9.97. The molecule has 0 spiro atoms. The van der Waals surface area contributed by atoms with Gasteiger partial charge in [0.2, 0.25) is 5.91 Å². The fraction of sp³-hybridized carbons (Fsp3) is 0.438. The molecule has 2 aromatic rings. The van der Waals surface area contributed by atoms with Crippen molar-refractivity contribution in [3.8, 4) is 0 Å². The standard InChI is InChI=1S/C16H20ClN5O/c1-21-8-3-5-13(21)10-18-16(23)12-4-2-9-22(11-12)15-7-6-14(17)19-20-15/h3,5-8,12H,2,4,9-11H2,1H3,(H,18,23)/t12-/m1/s1. The van der Waals surface area contributed by atoms with Gasteiger partial charge in [0.1, 0.15) is 0 Å². The SMILES string of the molecule is Cn1cccc1CNC(=O)[C@@H]1CCCN(c2ccc(Cl)nn2)C1. The number of hydrogen-bond acceptors (Lipinski definition) is 4. The molecular formula is C16H20ClN5O. The van der Waals surface area contributed by atoms with Crippen LogP contribution in [0.2, 0.25) is 5.15 Å². The van der Waals surface area contributed by atoms with Crippen LogP contribution in [0, 0.1) is 5.92 Å². The van der Waals surface area contributed by atoms with E-state index in [4.69, 9.17) is 11.6 Å². The van der Waals surface area contributed by atoms with E-state index in [9.17, 15) is 4.79 Å². The highest BCUT2D eigenvalue weighted by atomic mass is 35.5. The van der Waals surface area contributed by atoms with E-state index in [1.165, 1.54) is 0 Å². The predicted octanol–water partition coefficient (Wildman–Crippen LogP) is 2.00. The number of anilines is 1. The van der Waals surface area contributed by atoms with E-state index in [1.807, 2.05) is 36.0 Å². The average molecular weight is 334 g/mol. The van der Waals surface area contributed by atoms with E-state index in [1.54, 1.807) is 6.07 Å². The molecule has 0 saturated carbocycles. The van der Waals surface area contributed by atoms with Gasteiger partial charge in [-0.2, -0.15) is 0 Å². The summed E-state index contributed by atoms with van der Waals surface area (Å²) >= 11 is 5.77. The van der Waals surface area contributed by atoms with Crippen LogP contribution in [0.25, 0.3) is 0 Å². The Kier molecular flexibility index (Phi) is 4.81. The lowest BCUT2D eigenvalue weighted by Crippen LogP contribution is -2.43. The summed E-state index contributed by atoms with van der Waals surface area (Å²) in [6.07, 6.45) is 3.84. The van der Waals surface area contributed by atoms with E-state index < -0.39 is 0 Å². The van der Waals surface area contributed by atoms with Crippen molar-refractivity contribution in [1.29, 1.82) is 0 Å². The third-order valence-electron chi connectivity index (χ3n) is 4.23. The smallest absolute Gasteiger partial charge is 0.225 e. The molecule has 1 N–H and O–H groups in total. The highest BCUT2D eigenvalue weighted by Gasteiger charge is 2.26. The summed E-state index contributed by atoms with van der Waals surface area (Å²) < 4.78 is 2.01. The van der Waals surface area contributed by atoms with Crippen molar-refractivity contribution in [3.63, 3.8) is 0 Å². The Bertz CT molecular complexity index is 669. The first-order valence-electron chi connectivity index (χ1n) is 7.75. The maximum atomic E-state index is 12.4. The van der Waals surface area contributed by atoms with Gasteiger partial charge in [0.25, 0.3) is 0 Å². The molecule has 3 heterocycles. The summed E-state index contributed by atoms with van der Waals surface area (Å²) in [6.45, 7) is 2.10. The van der Waals surface area contributed by atoms with Crippen molar-refractivity contribution in [3.05, 3.63) is 41.3 Å². The molecule has 1 aliphatic heterocycles. The first-order chi connectivity index (χ1) is 11.1. The van der Waals surface area contributed by atoms with Gasteiger partial charge in [-0.1, -0.05) is 11.6 Å². The van der Waals surface area contributed by atoms with E-state index in [-0.39, 0.29) is 11.8 Å². The van der Waals surface area contributed by atoms with Gasteiger partial charge in [0, 0.05) is 32.0 Å². The van der Waals surface area contributed by atoms with Crippen LogP contribution in [0.5, 0.6) is 0 Å². The molecule has 1 aliphatic rings. The predicted molar refractivity (Wildman–Crippen MR) is 89.2 cm³/mol. The van der Waals surface area contributed by atoms with Crippen LogP contribution in [-0.4, -0.2) is 33.8 Å². The molecule has 1 amide bonds. The molecular weight excluding hydrogens is 314 g/mol. The molecule has 6 nitrogen and oxygen atoms in total. The number of nitrogens with zero attached hydrogens (tertiary/aromatic N) is 4. The van der Waals surface area contributed by atoms with Gasteiger partial charge in [0.15, 0.2) is 11.0 Å². The van der Waals surface area contributed by atoms with E-state index >= 15 is 0 Å². The number of hydrogen-bond donors (Lipinski definition) is 1. The van der Waals surface area contributed by atoms with Crippen LogP contribution >= 0.6 is 11.6 Å². The molecule has 1 saturated heterocycles. The molecule has 3 rings (SSSR count). The number of carbonyl (C=O) groups is 1. The second kappa shape index (κ2) is 7.00. The summed E-state index contributed by atoms with van der Waals surface area (Å²) in [4.78, 5) is 14.5. The van der Waals surface area contributed by atoms with Crippen molar-refractivity contribution in [2.24, 2.45) is 13.0 Å². The lowest BCUT2D eigenvalue weighted by Gasteiger charge is -2.32. The van der Waals surface area contributed by atoms with Gasteiger partial charge >= 0.3 is 0 Å². The fourth-order valence-electron chi connectivity index (χ4n) is 2.88. The quantitative estimate of drug-likeness (QED) is 0.929. The Hall–Kier alpha value is -2.08. The highest BCUT2D eigenvalue weighted by molar-refractivity contribution is 6.29. The van der Waals surface area contributed by atoms with Crippen molar-refractivity contribution in [1.82, 2.24) is 20.1 Å². The topological polar surface area (TPSA) is 63.1 Å². The average Bonchev–Trinajstić information content (AvgIpc) is 2.98. The molecule has 0 aromatic carbocycles. The van der Waals surface area contributed by atoms with Crippen molar-refractivity contribution >= 4 is 23.3 Å². The van der Waals surface area contributed by atoms with E-state index in [0.29, 0.717) is 18.2 Å². The van der Waals surface area contributed by atoms with Crippen LogP contribution in [-0.2, 0) is 18.4 Å². The van der Waals surface area contributed by atoms with Crippen molar-refractivity contribution in [2.45, 2.75) is 19.4 Å². The molecule has 1 atom stereocenters. The molecule has 0 unspecified atom stereocenters. The van der Waals surface area contributed by atoms with Crippen molar-refractivity contribution in [2.75, 3.05) is 18.0 Å². The maximum Gasteiger partial charge on any atom is 0.225 e. The van der Waals surface area contributed by atoms with Gasteiger partial charge < -0.3 is 14.8 Å². The number of nitrogens with one attached hydrogen (secondary N) is 1. The van der Waals surface area contributed by atoms with Gasteiger partial charge in [-0.3, -0.25) is 4.79 Å². The third kappa shape index (κ3) is 3.82. The number of amides is 1. The van der Waals surface area contributed by atoms with Gasteiger partial charge in [-0.05, 0) is 37.1 Å². The van der Waals surface area contributed by atoms with Crippen LogP contribution in [0.15, 0.2) is 30.5 Å². The monoisotopic (exact) mass is 333 g/mol. The minimum atomic E-state index is -0.0264. The molecule has 122 valence electrons. The van der Waals surface area contributed by atoms with Crippen molar-refractivity contribution < 1.29 is 4.79 Å². The fourth-order valence-corrected chi connectivity index (χ4v) is 2.98. The molecule has 2 aromatic heterocycles. The molecule has 7 heteroatoms. The van der Waals surface area contributed by atoms with Gasteiger partial charge in [-0.15, -0.1) is 10.2 Å². The second-order valence-electron chi connectivity index (χ2n) is 5.83. The number of aromatic nitrogens is 3. The molecule has 1 fully saturated rings. The normalized spacial score (nSPS) is 18.0. The number of piperidine rings is 1. The summed E-state index contributed by atoms with van der Waals surface area (Å²) in [5.41, 5.74) is 1.09. The minimum Gasteiger partial charge on any atom is -0.354 e. The Balaban J connectivity index is 1.58. The van der Waals surface area contributed by atoms with Crippen LogP contribution < -0.4 is 10.2 Å². The van der Waals surface area contributed by atoms with Crippen LogP contribution in [0.1, 0.15) is 18.5 Å². The molecule has 23 heavy (non-hydrogen) atoms. The largest absolute Gasteiger partial charge is 0.354 e. The summed E-state index contributed by atoms with van der Waals surface area (Å²) in [5.74, 6) is 0.841. The third-order valence-corrected chi connectivity index (χ3v) is 4.43. The van der Waals surface area contributed by atoms with Gasteiger partial charge in [-0.25, -0.2) is 0 Å². The summed E-state index contributed by atoms with van der Waals surface area (Å²) in [7, 11) is 1.98. The number of rotatable bonds is 4. The van der Waals surface area contributed by atoms with E-state index in [2.05, 4.69) is 20.4 Å². The lowest BCUT2D eigenvalue weighted by molar-refractivity contribution is -0.125. The second-order valence-corrected chi connectivity index (χ2v) is 6.21. The number of carbonyl (C=O) groups excluding carboxylic acids is 1. The van der Waals surface area contributed by atoms with Gasteiger partial charge in [0.05, 0.1) is 12.5 Å². The zero-order valence-corrected chi connectivity index (χ0v) is 13.8. The van der Waals surface area contributed by atoms with Crippen LogP contribution in [0.3, 0.4) is 0 Å². The Morgan fingerprint density at radius 2 is 2.26 bits per heavy atom. The first-order valence-corrected chi connectivity index (χ1v) is 8.13. The number of aryl methyl sites for hydroxylation is 1. The van der Waals surface area contributed by atoms with Crippen LogP contribution in [0.4, 0.5) is 5.82 Å². The summed E-state index contributed by atoms with van der Waals surface area (Å²) in [5, 5.41) is 11.4. The van der Waals surface area contributed by atoms with E-state index in [0.717, 1.165) is 30.9 Å². The molecule has 0 bridgehead atoms. The maximum absolute atomic E-state index is 12.4. The number of halogens is 1. The Morgan fingerprint density at radius 3 is 2.96 bits per heavy atom. The molecule has 0 radical (unpaired) electrons. The highest BCUT2D eigenvalue weighted by Crippen LogP contribution is 2.22. The Labute approximate surface area is 140 Å². The Morgan fingerprint density at radius 1 is 1.39 bits per heavy atom. The first kappa shape index (κ1) is 15.8. The minimum absolute atomic E-state index is 0.0264. The zero-order valence-electron chi connectivity index (χ0n) is 13.1. The summed E-state index contributed by atoms with van der Waals surface area (Å²) in [6, 6.07) is 7.56. The molecule has 0 aliphatic carbocycles.